The van der Waals surface area contributed by atoms with Crippen molar-refractivity contribution in [2.24, 2.45) is 0 Å². The van der Waals surface area contributed by atoms with Gasteiger partial charge in [0.2, 0.25) is 11.8 Å². The zero-order chi connectivity index (χ0) is 22.8. The fourth-order valence-electron chi connectivity index (χ4n) is 3.43. The molecule has 168 valence electrons. The van der Waals surface area contributed by atoms with E-state index in [1.165, 1.54) is 11.1 Å². The van der Waals surface area contributed by atoms with E-state index < -0.39 is 6.04 Å². The minimum absolute atomic E-state index is 0.00740. The molecule has 0 saturated heterocycles. The van der Waals surface area contributed by atoms with Crippen molar-refractivity contribution in [2.75, 3.05) is 5.75 Å². The van der Waals surface area contributed by atoms with Crippen LogP contribution in [-0.4, -0.2) is 34.6 Å². The molecule has 0 fully saturated rings. The molecule has 2 rings (SSSR count). The summed E-state index contributed by atoms with van der Waals surface area (Å²) in [6.45, 7) is 10.6. The topological polar surface area (TPSA) is 49.4 Å². The minimum atomic E-state index is -0.472. The molecule has 2 aromatic carbocycles. The first-order chi connectivity index (χ1) is 14.9. The lowest BCUT2D eigenvalue weighted by molar-refractivity contribution is -0.139. The fraction of sp³-hybridized carbons (Fsp3) is 0.462. The van der Waals surface area contributed by atoms with Gasteiger partial charge in [-0.05, 0) is 55.9 Å². The molecule has 0 radical (unpaired) electrons. The highest BCUT2D eigenvalue weighted by atomic mass is 32.2. The smallest absolute Gasteiger partial charge is 0.243 e. The molecule has 5 heteroatoms. The molecule has 0 aliphatic carbocycles. The average Bonchev–Trinajstić information content (AvgIpc) is 2.76. The minimum Gasteiger partial charge on any atom is -0.352 e. The van der Waals surface area contributed by atoms with E-state index in [1.54, 1.807) is 16.7 Å². The molecular weight excluding hydrogens is 404 g/mol. The van der Waals surface area contributed by atoms with Crippen molar-refractivity contribution in [3.05, 3.63) is 70.8 Å². The average molecular weight is 441 g/mol. The van der Waals surface area contributed by atoms with Gasteiger partial charge < -0.3 is 10.2 Å². The van der Waals surface area contributed by atoms with Crippen LogP contribution in [0, 0.1) is 13.8 Å². The number of aryl methyl sites for hydroxylation is 2. The van der Waals surface area contributed by atoms with Crippen LogP contribution < -0.4 is 5.32 Å². The predicted octanol–water partition coefficient (Wildman–Crippen LogP) is 5.26. The summed E-state index contributed by atoms with van der Waals surface area (Å²) in [5.74, 6) is 1.08. The van der Waals surface area contributed by atoms with E-state index in [0.29, 0.717) is 18.7 Å². The molecule has 1 N–H and O–H groups in total. The maximum atomic E-state index is 13.3. The number of amides is 2. The van der Waals surface area contributed by atoms with Crippen LogP contribution in [0.25, 0.3) is 0 Å². The molecular formula is C26H36N2O2S. The van der Waals surface area contributed by atoms with Gasteiger partial charge in [0.05, 0.1) is 5.75 Å². The Kier molecular flexibility index (Phi) is 10.1. The number of rotatable bonds is 11. The molecule has 0 unspecified atom stereocenters. The molecule has 4 nitrogen and oxygen atoms in total. The van der Waals surface area contributed by atoms with Crippen LogP contribution >= 0.6 is 11.8 Å². The Balaban J connectivity index is 2.16. The number of benzene rings is 2. The van der Waals surface area contributed by atoms with Crippen LogP contribution in [0.5, 0.6) is 0 Å². The van der Waals surface area contributed by atoms with E-state index in [-0.39, 0.29) is 17.9 Å². The van der Waals surface area contributed by atoms with Crippen molar-refractivity contribution in [1.82, 2.24) is 10.2 Å². The fourth-order valence-corrected chi connectivity index (χ4v) is 4.42. The molecule has 0 spiro atoms. The van der Waals surface area contributed by atoms with E-state index >= 15 is 0 Å². The van der Waals surface area contributed by atoms with Crippen molar-refractivity contribution in [3.8, 4) is 0 Å². The van der Waals surface area contributed by atoms with Crippen molar-refractivity contribution < 1.29 is 9.59 Å². The van der Waals surface area contributed by atoms with Crippen molar-refractivity contribution >= 4 is 23.6 Å². The second kappa shape index (κ2) is 12.6. The van der Waals surface area contributed by atoms with Crippen LogP contribution in [0.3, 0.4) is 0 Å². The molecule has 0 aliphatic heterocycles. The third kappa shape index (κ3) is 7.42. The SMILES string of the molecule is CC[C@@H](C)NC(=O)[C@@H](CC)N(Cc1ccccc1C)C(=O)CSCc1ccccc1C. The molecule has 2 atom stereocenters. The second-order valence-corrected chi connectivity index (χ2v) is 9.09. The number of nitrogens with one attached hydrogen (secondary N) is 1. The van der Waals surface area contributed by atoms with Gasteiger partial charge in [0, 0.05) is 18.3 Å². The second-order valence-electron chi connectivity index (χ2n) is 8.11. The van der Waals surface area contributed by atoms with Gasteiger partial charge in [-0.1, -0.05) is 62.4 Å². The summed E-state index contributed by atoms with van der Waals surface area (Å²) in [6, 6.07) is 15.9. The van der Waals surface area contributed by atoms with Gasteiger partial charge in [-0.3, -0.25) is 9.59 Å². The monoisotopic (exact) mass is 440 g/mol. The standard InChI is InChI=1S/C26H36N2O2S/c1-6-21(5)27-26(30)24(7-2)28(16-22-14-10-8-12-19(22)3)25(29)18-31-17-23-15-11-9-13-20(23)4/h8-15,21,24H,6-7,16-18H2,1-5H3,(H,27,30)/t21-,24-/m1/s1. The highest BCUT2D eigenvalue weighted by Gasteiger charge is 2.29. The Morgan fingerprint density at radius 1 is 0.935 bits per heavy atom. The van der Waals surface area contributed by atoms with Gasteiger partial charge in [0.1, 0.15) is 6.04 Å². The van der Waals surface area contributed by atoms with Crippen LogP contribution in [0.15, 0.2) is 48.5 Å². The Labute approximate surface area is 191 Å². The Bertz CT molecular complexity index is 868. The Hall–Kier alpha value is -2.27. The quantitative estimate of drug-likeness (QED) is 0.519. The van der Waals surface area contributed by atoms with Gasteiger partial charge in [-0.2, -0.15) is 0 Å². The van der Waals surface area contributed by atoms with Crippen LogP contribution in [0.1, 0.15) is 55.9 Å². The molecule has 0 saturated carbocycles. The zero-order valence-corrected chi connectivity index (χ0v) is 20.3. The lowest BCUT2D eigenvalue weighted by Gasteiger charge is -2.32. The molecule has 2 aromatic rings. The predicted molar refractivity (Wildman–Crippen MR) is 131 cm³/mol. The van der Waals surface area contributed by atoms with Gasteiger partial charge in [0.25, 0.3) is 0 Å². The molecule has 0 aromatic heterocycles. The van der Waals surface area contributed by atoms with E-state index in [1.807, 2.05) is 64.1 Å². The number of carbonyl (C=O) groups is 2. The molecule has 31 heavy (non-hydrogen) atoms. The summed E-state index contributed by atoms with van der Waals surface area (Å²) in [5, 5.41) is 3.07. The largest absolute Gasteiger partial charge is 0.352 e. The normalized spacial score (nSPS) is 12.8. The maximum Gasteiger partial charge on any atom is 0.243 e. The van der Waals surface area contributed by atoms with E-state index in [4.69, 9.17) is 0 Å². The first-order valence-electron chi connectivity index (χ1n) is 11.1. The molecule has 0 bridgehead atoms. The summed E-state index contributed by atoms with van der Waals surface area (Å²) in [5.41, 5.74) is 4.69. The lowest BCUT2D eigenvalue weighted by Crippen LogP contribution is -2.51. The number of carbonyl (C=O) groups excluding carboxylic acids is 2. The zero-order valence-electron chi connectivity index (χ0n) is 19.5. The Morgan fingerprint density at radius 3 is 2.06 bits per heavy atom. The lowest BCUT2D eigenvalue weighted by atomic mass is 10.1. The third-order valence-electron chi connectivity index (χ3n) is 5.73. The molecule has 2 amide bonds. The van der Waals surface area contributed by atoms with Gasteiger partial charge >= 0.3 is 0 Å². The number of nitrogens with zero attached hydrogens (tertiary/aromatic N) is 1. The highest BCUT2D eigenvalue weighted by Crippen LogP contribution is 2.20. The molecule has 0 heterocycles. The summed E-state index contributed by atoms with van der Waals surface area (Å²) in [4.78, 5) is 28.1. The van der Waals surface area contributed by atoms with Crippen LogP contribution in [0.4, 0.5) is 0 Å². The van der Waals surface area contributed by atoms with Crippen molar-refractivity contribution in [2.45, 2.75) is 71.8 Å². The van der Waals surface area contributed by atoms with Crippen molar-refractivity contribution in [1.29, 1.82) is 0 Å². The van der Waals surface area contributed by atoms with E-state index in [0.717, 1.165) is 23.3 Å². The summed E-state index contributed by atoms with van der Waals surface area (Å²) in [7, 11) is 0. The first kappa shape index (κ1) is 25.0. The summed E-state index contributed by atoms with van der Waals surface area (Å²) in [6.07, 6.45) is 1.45. The first-order valence-corrected chi connectivity index (χ1v) is 12.3. The number of thioether (sulfide) groups is 1. The van der Waals surface area contributed by atoms with Gasteiger partial charge in [0.15, 0.2) is 0 Å². The Morgan fingerprint density at radius 2 is 1.52 bits per heavy atom. The van der Waals surface area contributed by atoms with Crippen LogP contribution in [-0.2, 0) is 21.9 Å². The number of hydrogen-bond acceptors (Lipinski definition) is 3. The maximum absolute atomic E-state index is 13.3. The summed E-state index contributed by atoms with van der Waals surface area (Å²) < 4.78 is 0. The molecule has 0 aliphatic rings. The van der Waals surface area contributed by atoms with E-state index in [9.17, 15) is 9.59 Å². The van der Waals surface area contributed by atoms with Gasteiger partial charge in [-0.25, -0.2) is 0 Å². The van der Waals surface area contributed by atoms with E-state index in [2.05, 4.69) is 24.4 Å². The number of hydrogen-bond donors (Lipinski definition) is 1. The van der Waals surface area contributed by atoms with Crippen LogP contribution in [0.2, 0.25) is 0 Å². The summed E-state index contributed by atoms with van der Waals surface area (Å²) >= 11 is 1.61. The third-order valence-corrected chi connectivity index (χ3v) is 6.70. The van der Waals surface area contributed by atoms with Gasteiger partial charge in [-0.15, -0.1) is 11.8 Å². The van der Waals surface area contributed by atoms with Crippen molar-refractivity contribution in [3.63, 3.8) is 0 Å². The highest BCUT2D eigenvalue weighted by molar-refractivity contribution is 7.99.